The third-order valence-corrected chi connectivity index (χ3v) is 4.17. The van der Waals surface area contributed by atoms with Crippen LogP contribution in [-0.2, 0) is 4.74 Å². The lowest BCUT2D eigenvalue weighted by Gasteiger charge is -2.20. The van der Waals surface area contributed by atoms with Crippen LogP contribution in [0.15, 0.2) is 35.3 Å². The Morgan fingerprint density at radius 3 is 2.68 bits per heavy atom. The molecule has 1 aromatic carbocycles. The van der Waals surface area contributed by atoms with Crippen molar-refractivity contribution in [2.24, 2.45) is 11.8 Å². The zero-order chi connectivity index (χ0) is 12.8. The topological polar surface area (TPSA) is 47.4 Å². The molecule has 0 radical (unpaired) electrons. The maximum Gasteiger partial charge on any atom is 0.293 e. The van der Waals surface area contributed by atoms with Crippen molar-refractivity contribution in [3.8, 4) is 0 Å². The lowest BCUT2D eigenvalue weighted by atomic mass is 10.0. The van der Waals surface area contributed by atoms with Gasteiger partial charge in [0.25, 0.3) is 5.56 Å². The summed E-state index contributed by atoms with van der Waals surface area (Å²) in [6.45, 7) is 3.33. The van der Waals surface area contributed by atoms with Gasteiger partial charge in [-0.2, -0.15) is 5.10 Å². The van der Waals surface area contributed by atoms with Crippen LogP contribution < -0.4 is 10.6 Å². The first kappa shape index (κ1) is 11.0. The van der Waals surface area contributed by atoms with E-state index in [0.717, 1.165) is 37.1 Å². The van der Waals surface area contributed by atoms with E-state index in [2.05, 4.69) is 5.10 Å². The minimum absolute atomic E-state index is 0.0287. The Morgan fingerprint density at radius 1 is 1.16 bits per heavy atom. The highest BCUT2D eigenvalue weighted by atomic mass is 16.5. The molecular weight excluding hydrogens is 242 g/mol. The fourth-order valence-corrected chi connectivity index (χ4v) is 3.10. The van der Waals surface area contributed by atoms with Gasteiger partial charge in [0, 0.05) is 30.3 Å². The quantitative estimate of drug-likeness (QED) is 0.751. The molecule has 2 fully saturated rings. The van der Waals surface area contributed by atoms with Gasteiger partial charge in [0.2, 0.25) is 0 Å². The Labute approximate surface area is 110 Å². The van der Waals surface area contributed by atoms with Crippen molar-refractivity contribution < 1.29 is 4.74 Å². The molecule has 2 aliphatic rings. The zero-order valence-corrected chi connectivity index (χ0v) is 10.5. The van der Waals surface area contributed by atoms with E-state index < -0.39 is 0 Å². The van der Waals surface area contributed by atoms with Gasteiger partial charge in [0.05, 0.1) is 24.8 Å². The predicted molar refractivity (Wildman–Crippen MR) is 71.8 cm³/mol. The van der Waals surface area contributed by atoms with Crippen LogP contribution in [0, 0.1) is 11.8 Å². The molecule has 98 valence electrons. The number of ether oxygens (including phenoxy) is 1. The van der Waals surface area contributed by atoms with E-state index >= 15 is 0 Å². The molecule has 0 amide bonds. The fraction of sp³-hybridized carbons (Fsp3) is 0.429. The molecule has 0 N–H and O–H groups in total. The summed E-state index contributed by atoms with van der Waals surface area (Å²) in [5.74, 6) is 1.08. The number of benzene rings is 1. The number of hydrogen-bond acceptors (Lipinski definition) is 4. The monoisotopic (exact) mass is 257 g/mol. The molecule has 5 nitrogen and oxygen atoms in total. The highest BCUT2D eigenvalue weighted by molar-refractivity contribution is 5.80. The van der Waals surface area contributed by atoms with Crippen molar-refractivity contribution in [2.45, 2.75) is 0 Å². The second kappa shape index (κ2) is 4.06. The van der Waals surface area contributed by atoms with Gasteiger partial charge < -0.3 is 4.74 Å². The van der Waals surface area contributed by atoms with Crippen molar-refractivity contribution in [3.63, 3.8) is 0 Å². The highest BCUT2D eigenvalue weighted by Gasteiger charge is 2.38. The molecule has 2 aromatic rings. The van der Waals surface area contributed by atoms with E-state index in [1.165, 1.54) is 4.79 Å². The van der Waals surface area contributed by atoms with Crippen LogP contribution in [0.4, 0.5) is 0 Å². The first-order chi connectivity index (χ1) is 9.33. The van der Waals surface area contributed by atoms with E-state index in [1.807, 2.05) is 29.3 Å². The van der Waals surface area contributed by atoms with E-state index in [-0.39, 0.29) is 5.56 Å². The van der Waals surface area contributed by atoms with Crippen LogP contribution in [0.25, 0.3) is 10.8 Å². The second-order valence-corrected chi connectivity index (χ2v) is 5.36. The predicted octanol–water partition coefficient (Wildman–Crippen LogP) is 0.611. The third kappa shape index (κ3) is 1.65. The Kier molecular flexibility index (Phi) is 2.35. The van der Waals surface area contributed by atoms with Crippen molar-refractivity contribution in [3.05, 3.63) is 40.8 Å². The zero-order valence-electron chi connectivity index (χ0n) is 10.5. The summed E-state index contributed by atoms with van der Waals surface area (Å²) in [5, 5.41) is 7.98. The maximum atomic E-state index is 12.5. The van der Waals surface area contributed by atoms with E-state index in [4.69, 9.17) is 4.74 Å². The van der Waals surface area contributed by atoms with Crippen LogP contribution in [0.2, 0.25) is 0 Å². The molecule has 0 spiro atoms. The van der Waals surface area contributed by atoms with Crippen molar-refractivity contribution in [2.75, 3.05) is 31.3 Å². The molecule has 3 heterocycles. The Hall–Kier alpha value is -1.88. The standard InChI is InChI=1S/C14H15N3O2/c18-14-13-4-2-1-3-10(13)5-15-17(14)16-6-11-8-19-9-12(11)7-16/h1-5,11-12H,6-9H2. The molecule has 19 heavy (non-hydrogen) atoms. The molecule has 0 aliphatic carbocycles. The van der Waals surface area contributed by atoms with Gasteiger partial charge in [0.1, 0.15) is 0 Å². The molecule has 0 saturated carbocycles. The van der Waals surface area contributed by atoms with E-state index in [9.17, 15) is 4.79 Å². The lowest BCUT2D eigenvalue weighted by Crippen LogP contribution is -2.43. The van der Waals surface area contributed by atoms with E-state index in [0.29, 0.717) is 11.8 Å². The third-order valence-electron chi connectivity index (χ3n) is 4.17. The normalized spacial score (nSPS) is 26.0. The average Bonchev–Trinajstić information content (AvgIpc) is 3.00. The van der Waals surface area contributed by atoms with Crippen molar-refractivity contribution in [1.82, 2.24) is 9.89 Å². The van der Waals surface area contributed by atoms with Gasteiger partial charge in [-0.1, -0.05) is 18.2 Å². The number of fused-ring (bicyclic) bond motifs is 2. The van der Waals surface area contributed by atoms with Gasteiger partial charge >= 0.3 is 0 Å². The summed E-state index contributed by atoms with van der Waals surface area (Å²) in [7, 11) is 0. The Balaban J connectivity index is 1.76. The van der Waals surface area contributed by atoms with Crippen LogP contribution in [-0.4, -0.2) is 36.2 Å². The summed E-state index contributed by atoms with van der Waals surface area (Å²) in [6.07, 6.45) is 1.77. The van der Waals surface area contributed by atoms with Crippen molar-refractivity contribution >= 4 is 10.8 Å². The number of nitrogens with zero attached hydrogens (tertiary/aromatic N) is 3. The fourth-order valence-electron chi connectivity index (χ4n) is 3.10. The van der Waals surface area contributed by atoms with Crippen molar-refractivity contribution in [1.29, 1.82) is 0 Å². The molecule has 4 rings (SSSR count). The van der Waals surface area contributed by atoms with Gasteiger partial charge in [-0.3, -0.25) is 9.80 Å². The number of aromatic nitrogens is 2. The Morgan fingerprint density at radius 2 is 1.89 bits per heavy atom. The van der Waals surface area contributed by atoms with Gasteiger partial charge in [-0.15, -0.1) is 4.79 Å². The van der Waals surface area contributed by atoms with Gasteiger partial charge in [-0.25, -0.2) is 0 Å². The lowest BCUT2D eigenvalue weighted by molar-refractivity contribution is 0.175. The van der Waals surface area contributed by atoms with Crippen LogP contribution in [0.3, 0.4) is 0 Å². The minimum atomic E-state index is -0.0287. The summed E-state index contributed by atoms with van der Waals surface area (Å²) in [4.78, 5) is 14.0. The molecule has 2 saturated heterocycles. The summed E-state index contributed by atoms with van der Waals surface area (Å²) in [5.41, 5.74) is -0.0287. The van der Waals surface area contributed by atoms with Crippen LogP contribution >= 0.6 is 0 Å². The van der Waals surface area contributed by atoms with Crippen LogP contribution in [0.1, 0.15) is 0 Å². The first-order valence-electron chi connectivity index (χ1n) is 6.63. The Bertz CT molecular complexity index is 670. The minimum Gasteiger partial charge on any atom is -0.381 e. The molecule has 2 aliphatic heterocycles. The van der Waals surface area contributed by atoms with E-state index in [1.54, 1.807) is 6.20 Å². The first-order valence-corrected chi connectivity index (χ1v) is 6.63. The number of hydrogen-bond donors (Lipinski definition) is 0. The summed E-state index contributed by atoms with van der Waals surface area (Å²) < 4.78 is 5.46. The molecule has 5 heteroatoms. The molecule has 2 atom stereocenters. The molecule has 1 aromatic heterocycles. The summed E-state index contributed by atoms with van der Waals surface area (Å²) >= 11 is 0. The van der Waals surface area contributed by atoms with Crippen LogP contribution in [0.5, 0.6) is 0 Å². The van der Waals surface area contributed by atoms with Gasteiger partial charge in [-0.05, 0) is 6.07 Å². The highest BCUT2D eigenvalue weighted by Crippen LogP contribution is 2.27. The average molecular weight is 257 g/mol. The van der Waals surface area contributed by atoms with Gasteiger partial charge in [0.15, 0.2) is 0 Å². The molecule has 2 unspecified atom stereocenters. The number of rotatable bonds is 1. The maximum absolute atomic E-state index is 12.5. The smallest absolute Gasteiger partial charge is 0.293 e. The largest absolute Gasteiger partial charge is 0.381 e. The molecular formula is C14H15N3O2. The summed E-state index contributed by atoms with van der Waals surface area (Å²) in [6, 6.07) is 7.59. The SMILES string of the molecule is O=c1c2ccccc2cnn1N1CC2COCC2C1. The molecule has 0 bridgehead atoms. The second-order valence-electron chi connectivity index (χ2n) is 5.36.